The number of rotatable bonds is 3. The van der Waals surface area contributed by atoms with Crippen LogP contribution >= 0.6 is 0 Å². The van der Waals surface area contributed by atoms with Gasteiger partial charge in [-0.2, -0.15) is 0 Å². The number of piperazine rings is 1. The van der Waals surface area contributed by atoms with Crippen molar-refractivity contribution in [2.45, 2.75) is 13.3 Å². The lowest BCUT2D eigenvalue weighted by Crippen LogP contribution is -2.49. The second-order valence-electron chi connectivity index (χ2n) is 6.74. The van der Waals surface area contributed by atoms with Gasteiger partial charge in [0, 0.05) is 49.0 Å². The third-order valence-electron chi connectivity index (χ3n) is 5.05. The number of aromatic nitrogens is 1. The smallest absolute Gasteiger partial charge is 0.227 e. The fourth-order valence-corrected chi connectivity index (χ4v) is 3.52. The van der Waals surface area contributed by atoms with E-state index >= 15 is 0 Å². The van der Waals surface area contributed by atoms with Crippen LogP contribution in [0, 0.1) is 6.92 Å². The summed E-state index contributed by atoms with van der Waals surface area (Å²) in [7, 11) is 0. The van der Waals surface area contributed by atoms with E-state index in [9.17, 15) is 4.79 Å². The van der Waals surface area contributed by atoms with Crippen molar-refractivity contribution in [3.63, 3.8) is 0 Å². The minimum Gasteiger partial charge on any atom is -0.368 e. The number of hydrogen-bond acceptors (Lipinski definition) is 2. The van der Waals surface area contributed by atoms with E-state index in [1.54, 1.807) is 0 Å². The van der Waals surface area contributed by atoms with Crippen molar-refractivity contribution in [3.05, 3.63) is 65.9 Å². The summed E-state index contributed by atoms with van der Waals surface area (Å²) < 4.78 is 0. The maximum Gasteiger partial charge on any atom is 0.227 e. The molecule has 0 unspecified atom stereocenters. The quantitative estimate of drug-likeness (QED) is 0.798. The molecule has 1 N–H and O–H groups in total. The second kappa shape index (κ2) is 6.63. The molecular formula is C21H23N3O. The van der Waals surface area contributed by atoms with Gasteiger partial charge in [0.2, 0.25) is 5.91 Å². The van der Waals surface area contributed by atoms with E-state index in [4.69, 9.17) is 0 Å². The largest absolute Gasteiger partial charge is 0.368 e. The van der Waals surface area contributed by atoms with Crippen molar-refractivity contribution < 1.29 is 4.79 Å². The van der Waals surface area contributed by atoms with Crippen LogP contribution in [0.5, 0.6) is 0 Å². The summed E-state index contributed by atoms with van der Waals surface area (Å²) in [4.78, 5) is 20.3. The fourth-order valence-electron chi connectivity index (χ4n) is 3.52. The molecule has 1 amide bonds. The predicted molar refractivity (Wildman–Crippen MR) is 102 cm³/mol. The molecule has 2 heterocycles. The van der Waals surface area contributed by atoms with Gasteiger partial charge < -0.3 is 14.8 Å². The number of fused-ring (bicyclic) bond motifs is 1. The molecule has 0 radical (unpaired) electrons. The van der Waals surface area contributed by atoms with Crippen LogP contribution in [0.15, 0.2) is 54.7 Å². The molecule has 1 aliphatic rings. The van der Waals surface area contributed by atoms with Gasteiger partial charge in [0.1, 0.15) is 0 Å². The molecule has 4 nitrogen and oxygen atoms in total. The maximum absolute atomic E-state index is 12.7. The number of aromatic amines is 1. The molecule has 128 valence electrons. The van der Waals surface area contributed by atoms with Crippen LogP contribution in [0.4, 0.5) is 5.69 Å². The van der Waals surface area contributed by atoms with Crippen molar-refractivity contribution in [2.75, 3.05) is 31.1 Å². The number of carbonyl (C=O) groups excluding carboxylic acids is 1. The Morgan fingerprint density at radius 2 is 1.72 bits per heavy atom. The first kappa shape index (κ1) is 15.8. The van der Waals surface area contributed by atoms with Crippen LogP contribution in [-0.4, -0.2) is 42.0 Å². The number of carbonyl (C=O) groups is 1. The minimum atomic E-state index is 0.216. The van der Waals surface area contributed by atoms with Gasteiger partial charge in [-0.3, -0.25) is 4.79 Å². The highest BCUT2D eigenvalue weighted by Gasteiger charge is 2.22. The van der Waals surface area contributed by atoms with Crippen LogP contribution < -0.4 is 4.90 Å². The molecule has 1 saturated heterocycles. The summed E-state index contributed by atoms with van der Waals surface area (Å²) in [6.07, 6.45) is 2.43. The average molecular weight is 333 g/mol. The van der Waals surface area contributed by atoms with E-state index in [2.05, 4.69) is 47.1 Å². The number of nitrogens with zero attached hydrogens (tertiary/aromatic N) is 2. The van der Waals surface area contributed by atoms with E-state index in [0.29, 0.717) is 6.42 Å². The van der Waals surface area contributed by atoms with Crippen molar-refractivity contribution in [1.29, 1.82) is 0 Å². The first-order valence-electron chi connectivity index (χ1n) is 8.85. The molecule has 3 aromatic rings. The molecule has 4 rings (SSSR count). The Kier molecular flexibility index (Phi) is 4.18. The van der Waals surface area contributed by atoms with Crippen molar-refractivity contribution in [2.24, 2.45) is 0 Å². The van der Waals surface area contributed by atoms with Gasteiger partial charge >= 0.3 is 0 Å². The Labute approximate surface area is 148 Å². The number of para-hydroxylation sites is 1. The molecule has 1 aliphatic heterocycles. The number of anilines is 1. The molecule has 0 saturated carbocycles. The summed E-state index contributed by atoms with van der Waals surface area (Å²) in [5.41, 5.74) is 4.70. The van der Waals surface area contributed by atoms with Crippen molar-refractivity contribution >= 4 is 22.5 Å². The maximum atomic E-state index is 12.7. The standard InChI is InChI=1S/C21H23N3O/c1-16-6-8-18(9-7-16)23-10-12-24(13-11-23)21(25)14-17-15-22-20-5-3-2-4-19(17)20/h2-9,15,22H,10-14H2,1H3. The number of aryl methyl sites for hydroxylation is 1. The highest BCUT2D eigenvalue weighted by molar-refractivity contribution is 5.89. The first-order valence-corrected chi connectivity index (χ1v) is 8.85. The van der Waals surface area contributed by atoms with E-state index in [1.165, 1.54) is 11.3 Å². The zero-order valence-electron chi connectivity index (χ0n) is 14.5. The molecule has 1 aromatic heterocycles. The lowest BCUT2D eigenvalue weighted by atomic mass is 10.1. The van der Waals surface area contributed by atoms with Crippen molar-refractivity contribution in [1.82, 2.24) is 9.88 Å². The van der Waals surface area contributed by atoms with E-state index in [-0.39, 0.29) is 5.91 Å². The van der Waals surface area contributed by atoms with Gasteiger partial charge in [-0.15, -0.1) is 0 Å². The highest BCUT2D eigenvalue weighted by atomic mass is 16.2. The van der Waals surface area contributed by atoms with E-state index < -0.39 is 0 Å². The van der Waals surface area contributed by atoms with E-state index in [0.717, 1.165) is 42.6 Å². The van der Waals surface area contributed by atoms with Crippen LogP contribution in [-0.2, 0) is 11.2 Å². The van der Waals surface area contributed by atoms with Crippen LogP contribution in [0.1, 0.15) is 11.1 Å². The van der Waals surface area contributed by atoms with Crippen LogP contribution in [0.25, 0.3) is 10.9 Å². The second-order valence-corrected chi connectivity index (χ2v) is 6.74. The molecule has 0 atom stereocenters. The Hall–Kier alpha value is -2.75. The molecule has 0 spiro atoms. The van der Waals surface area contributed by atoms with Crippen molar-refractivity contribution in [3.8, 4) is 0 Å². The van der Waals surface area contributed by atoms with Crippen LogP contribution in [0.2, 0.25) is 0 Å². The summed E-state index contributed by atoms with van der Waals surface area (Å²) >= 11 is 0. The first-order chi connectivity index (χ1) is 12.2. The topological polar surface area (TPSA) is 39.3 Å². The van der Waals surface area contributed by atoms with Gasteiger partial charge in [0.15, 0.2) is 0 Å². The zero-order valence-corrected chi connectivity index (χ0v) is 14.5. The zero-order chi connectivity index (χ0) is 17.2. The lowest BCUT2D eigenvalue weighted by Gasteiger charge is -2.36. The molecule has 2 aromatic carbocycles. The number of H-pyrrole nitrogens is 1. The Morgan fingerprint density at radius 3 is 2.48 bits per heavy atom. The predicted octanol–water partition coefficient (Wildman–Crippen LogP) is 3.37. The minimum absolute atomic E-state index is 0.216. The highest BCUT2D eigenvalue weighted by Crippen LogP contribution is 2.20. The Morgan fingerprint density at radius 1 is 1.00 bits per heavy atom. The lowest BCUT2D eigenvalue weighted by molar-refractivity contribution is -0.130. The number of amides is 1. The van der Waals surface area contributed by atoms with Gasteiger partial charge in [0.25, 0.3) is 0 Å². The summed E-state index contributed by atoms with van der Waals surface area (Å²) in [6.45, 7) is 5.46. The third kappa shape index (κ3) is 3.25. The molecule has 1 fully saturated rings. The van der Waals surface area contributed by atoms with Gasteiger partial charge in [-0.05, 0) is 30.7 Å². The van der Waals surface area contributed by atoms with E-state index in [1.807, 2.05) is 29.3 Å². The number of hydrogen-bond donors (Lipinski definition) is 1. The molecule has 4 heteroatoms. The monoisotopic (exact) mass is 333 g/mol. The fraction of sp³-hybridized carbons (Fsp3) is 0.286. The molecule has 0 bridgehead atoms. The molecular weight excluding hydrogens is 310 g/mol. The van der Waals surface area contributed by atoms with Crippen LogP contribution in [0.3, 0.4) is 0 Å². The SMILES string of the molecule is Cc1ccc(N2CCN(C(=O)Cc3c[nH]c4ccccc34)CC2)cc1. The normalized spacial score (nSPS) is 14.9. The molecule has 25 heavy (non-hydrogen) atoms. The number of benzene rings is 2. The summed E-state index contributed by atoms with van der Waals surface area (Å²) in [6, 6.07) is 16.8. The third-order valence-corrected chi connectivity index (χ3v) is 5.05. The Bertz CT molecular complexity index is 874. The van der Waals surface area contributed by atoms with Gasteiger partial charge in [-0.1, -0.05) is 35.9 Å². The summed E-state index contributed by atoms with van der Waals surface area (Å²) in [5.74, 6) is 0.216. The Balaban J connectivity index is 1.39. The summed E-state index contributed by atoms with van der Waals surface area (Å²) in [5, 5.41) is 1.15. The average Bonchev–Trinajstić information content (AvgIpc) is 3.06. The van der Waals surface area contributed by atoms with Gasteiger partial charge in [-0.25, -0.2) is 0 Å². The van der Waals surface area contributed by atoms with Gasteiger partial charge in [0.05, 0.1) is 6.42 Å². The molecule has 0 aliphatic carbocycles. The number of nitrogens with one attached hydrogen (secondary N) is 1.